The third kappa shape index (κ3) is 4.30. The second-order valence-electron chi connectivity index (χ2n) is 6.63. The van der Waals surface area contributed by atoms with Crippen LogP contribution in [0.15, 0.2) is 47.5 Å². The first-order valence-corrected chi connectivity index (χ1v) is 9.39. The fourth-order valence-corrected chi connectivity index (χ4v) is 3.61. The number of hydrogen-bond acceptors (Lipinski definition) is 4. The normalized spacial score (nSPS) is 19.8. The summed E-state index contributed by atoms with van der Waals surface area (Å²) in [6.07, 6.45) is 2.69. The highest BCUT2D eigenvalue weighted by Gasteiger charge is 2.48. The van der Waals surface area contributed by atoms with Gasteiger partial charge in [-0.1, -0.05) is 6.92 Å². The smallest absolute Gasteiger partial charge is 0.323 e. The van der Waals surface area contributed by atoms with Crippen molar-refractivity contribution in [3.63, 3.8) is 0 Å². The number of carbonyl (C=O) groups is 2. The van der Waals surface area contributed by atoms with Gasteiger partial charge in [0.25, 0.3) is 5.91 Å². The number of aromatic nitrogens is 1. The van der Waals surface area contributed by atoms with Gasteiger partial charge < -0.3 is 5.32 Å². The molecule has 1 saturated heterocycles. The molecule has 2 aromatic rings. The summed E-state index contributed by atoms with van der Waals surface area (Å²) < 4.78 is 37.4. The number of thioether (sulfide) groups is 1. The van der Waals surface area contributed by atoms with Crippen molar-refractivity contribution in [3.8, 4) is 0 Å². The third-order valence-corrected chi connectivity index (χ3v) is 5.13. The Kier molecular flexibility index (Phi) is 5.38. The number of hydrogen-bond donors (Lipinski definition) is 1. The number of alkyl halides is 3. The van der Waals surface area contributed by atoms with E-state index in [4.69, 9.17) is 0 Å². The Morgan fingerprint density at radius 3 is 2.46 bits per heavy atom. The quantitative estimate of drug-likeness (QED) is 0.590. The molecule has 0 aliphatic carbocycles. The molecule has 3 rings (SSSR count). The average Bonchev–Trinajstić information content (AvgIpc) is 2.83. The van der Waals surface area contributed by atoms with Crippen molar-refractivity contribution in [1.29, 1.82) is 0 Å². The number of benzene rings is 1. The van der Waals surface area contributed by atoms with Crippen molar-refractivity contribution in [2.24, 2.45) is 0 Å². The van der Waals surface area contributed by atoms with Crippen LogP contribution in [-0.4, -0.2) is 28.0 Å². The molecule has 1 aliphatic rings. The zero-order valence-electron chi connectivity index (χ0n) is 15.2. The lowest BCUT2D eigenvalue weighted by Gasteiger charge is -2.22. The summed E-state index contributed by atoms with van der Waals surface area (Å²) in [4.78, 5) is 30.5. The summed E-state index contributed by atoms with van der Waals surface area (Å²) in [7, 11) is 0. The molecule has 3 amide bonds. The van der Waals surface area contributed by atoms with Crippen LogP contribution in [0.3, 0.4) is 0 Å². The first-order chi connectivity index (χ1) is 13.1. The number of aryl methyl sites for hydroxylation is 1. The predicted octanol–water partition coefficient (Wildman–Crippen LogP) is 4.31. The molecular weight excluding hydrogens is 391 g/mol. The molecule has 1 fully saturated rings. The van der Waals surface area contributed by atoms with Gasteiger partial charge in [-0.25, -0.2) is 9.69 Å². The number of urea groups is 1. The molecule has 148 valence electrons. The maximum absolute atomic E-state index is 13.0. The maximum Gasteiger partial charge on any atom is 0.446 e. The Labute approximate surface area is 164 Å². The van der Waals surface area contributed by atoms with E-state index in [2.05, 4.69) is 10.3 Å². The van der Waals surface area contributed by atoms with Crippen molar-refractivity contribution >= 4 is 29.4 Å². The zero-order chi connectivity index (χ0) is 20.5. The van der Waals surface area contributed by atoms with E-state index in [9.17, 15) is 22.8 Å². The molecule has 5 nitrogen and oxygen atoms in total. The Bertz CT molecular complexity index is 902. The molecule has 2 heterocycles. The lowest BCUT2D eigenvalue weighted by Crippen LogP contribution is -2.46. The summed E-state index contributed by atoms with van der Waals surface area (Å²) in [6, 6.07) is 8.21. The molecule has 0 radical (unpaired) electrons. The molecule has 0 bridgehead atoms. The van der Waals surface area contributed by atoms with E-state index in [0.717, 1.165) is 22.6 Å². The van der Waals surface area contributed by atoms with Gasteiger partial charge in [-0.15, -0.1) is 0 Å². The van der Waals surface area contributed by atoms with Crippen LogP contribution in [0.1, 0.15) is 25.1 Å². The minimum absolute atomic E-state index is 0.0186. The summed E-state index contributed by atoms with van der Waals surface area (Å²) in [5, 5.41) is 2.70. The van der Waals surface area contributed by atoms with Crippen LogP contribution in [0.25, 0.3) is 0 Å². The standard InChI is InChI=1S/C19H18F3N3O2S/c1-3-13-10-12(8-9-23-13)11-18(2)16(26)25(17(27)24-18)14-4-6-15(7-5-14)28-19(20,21)22/h4-10H,3,11H2,1-2H3,(H,24,27). The maximum atomic E-state index is 13.0. The lowest BCUT2D eigenvalue weighted by molar-refractivity contribution is -0.121. The molecule has 1 aliphatic heterocycles. The van der Waals surface area contributed by atoms with Crippen molar-refractivity contribution < 1.29 is 22.8 Å². The molecule has 1 aromatic heterocycles. The minimum atomic E-state index is -4.40. The Hall–Kier alpha value is -2.55. The highest BCUT2D eigenvalue weighted by molar-refractivity contribution is 8.00. The van der Waals surface area contributed by atoms with Crippen LogP contribution in [0.2, 0.25) is 0 Å². The van der Waals surface area contributed by atoms with Crippen LogP contribution in [0.4, 0.5) is 23.7 Å². The molecule has 28 heavy (non-hydrogen) atoms. The third-order valence-electron chi connectivity index (χ3n) is 4.39. The summed E-state index contributed by atoms with van der Waals surface area (Å²) in [5.41, 5.74) is -3.58. The fraction of sp³-hybridized carbons (Fsp3) is 0.316. The summed E-state index contributed by atoms with van der Waals surface area (Å²) >= 11 is -0.251. The van der Waals surface area contributed by atoms with Crippen molar-refractivity contribution in [1.82, 2.24) is 10.3 Å². The van der Waals surface area contributed by atoms with Gasteiger partial charge in [0.1, 0.15) is 5.54 Å². The number of halogens is 3. The molecule has 1 aromatic carbocycles. The first kappa shape index (κ1) is 20.2. The van der Waals surface area contributed by atoms with Gasteiger partial charge in [-0.2, -0.15) is 13.2 Å². The van der Waals surface area contributed by atoms with Gasteiger partial charge in [0.05, 0.1) is 5.69 Å². The number of nitrogens with zero attached hydrogens (tertiary/aromatic N) is 2. The molecule has 0 spiro atoms. The number of carbonyl (C=O) groups excluding carboxylic acids is 2. The summed E-state index contributed by atoms with van der Waals surface area (Å²) in [5.74, 6) is -0.455. The largest absolute Gasteiger partial charge is 0.446 e. The van der Waals surface area contributed by atoms with Crippen molar-refractivity contribution in [2.75, 3.05) is 4.90 Å². The van der Waals surface area contributed by atoms with Crippen LogP contribution >= 0.6 is 11.8 Å². The number of anilines is 1. The lowest BCUT2D eigenvalue weighted by atomic mass is 9.92. The Morgan fingerprint density at radius 2 is 1.86 bits per heavy atom. The highest BCUT2D eigenvalue weighted by Crippen LogP contribution is 2.38. The predicted molar refractivity (Wildman–Crippen MR) is 100 cm³/mol. The van der Waals surface area contributed by atoms with Gasteiger partial charge >= 0.3 is 11.5 Å². The summed E-state index contributed by atoms with van der Waals surface area (Å²) in [6.45, 7) is 3.60. The van der Waals surface area contributed by atoms with Gasteiger partial charge in [0.2, 0.25) is 0 Å². The molecule has 0 saturated carbocycles. The topological polar surface area (TPSA) is 62.3 Å². The second kappa shape index (κ2) is 7.46. The zero-order valence-corrected chi connectivity index (χ0v) is 16.0. The van der Waals surface area contributed by atoms with E-state index in [1.165, 1.54) is 24.3 Å². The second-order valence-corrected chi connectivity index (χ2v) is 7.77. The molecular formula is C19H18F3N3O2S. The van der Waals surface area contributed by atoms with E-state index in [1.54, 1.807) is 19.2 Å². The average molecular weight is 409 g/mol. The monoisotopic (exact) mass is 409 g/mol. The number of rotatable bonds is 5. The van der Waals surface area contributed by atoms with E-state index < -0.39 is 23.0 Å². The van der Waals surface area contributed by atoms with Crippen molar-refractivity contribution in [3.05, 3.63) is 53.9 Å². The van der Waals surface area contributed by atoms with Gasteiger partial charge in [0, 0.05) is 23.2 Å². The molecule has 9 heteroatoms. The van der Waals surface area contributed by atoms with E-state index in [-0.39, 0.29) is 28.8 Å². The van der Waals surface area contributed by atoms with Gasteiger partial charge in [0.15, 0.2) is 0 Å². The first-order valence-electron chi connectivity index (χ1n) is 8.57. The van der Waals surface area contributed by atoms with Crippen LogP contribution in [-0.2, 0) is 17.6 Å². The minimum Gasteiger partial charge on any atom is -0.323 e. The number of imide groups is 1. The number of pyridine rings is 1. The van der Waals surface area contributed by atoms with Crippen LogP contribution in [0, 0.1) is 0 Å². The van der Waals surface area contributed by atoms with E-state index in [0.29, 0.717) is 0 Å². The Morgan fingerprint density at radius 1 is 1.18 bits per heavy atom. The Balaban J connectivity index is 1.80. The fourth-order valence-electron chi connectivity index (χ4n) is 3.08. The molecule has 1 N–H and O–H groups in total. The molecule has 1 unspecified atom stereocenters. The molecule has 1 atom stereocenters. The van der Waals surface area contributed by atoms with Crippen LogP contribution in [0.5, 0.6) is 0 Å². The van der Waals surface area contributed by atoms with Crippen LogP contribution < -0.4 is 10.2 Å². The van der Waals surface area contributed by atoms with Crippen molar-refractivity contribution in [2.45, 2.75) is 42.6 Å². The number of nitrogens with one attached hydrogen (secondary N) is 1. The van der Waals surface area contributed by atoms with E-state index in [1.807, 2.05) is 13.0 Å². The SMILES string of the molecule is CCc1cc(CC2(C)NC(=O)N(c3ccc(SC(F)(F)F)cc3)C2=O)ccn1. The number of amides is 3. The van der Waals surface area contributed by atoms with Gasteiger partial charge in [-0.05, 0) is 67.1 Å². The highest BCUT2D eigenvalue weighted by atomic mass is 32.2. The van der Waals surface area contributed by atoms with Gasteiger partial charge in [-0.3, -0.25) is 9.78 Å². The van der Waals surface area contributed by atoms with E-state index >= 15 is 0 Å².